The Morgan fingerprint density at radius 1 is 1.09 bits per heavy atom. The molecule has 0 bridgehead atoms. The fraction of sp³-hybridized carbons (Fsp3) is 0.412. The summed E-state index contributed by atoms with van der Waals surface area (Å²) in [7, 11) is 0. The van der Waals surface area contributed by atoms with Gasteiger partial charge in [0, 0.05) is 51.0 Å². The second kappa shape index (κ2) is 5.95. The van der Waals surface area contributed by atoms with E-state index in [1.165, 1.54) is 0 Å². The molecule has 1 amide bonds. The lowest BCUT2D eigenvalue weighted by Crippen LogP contribution is -2.44. The molecule has 2 aliphatic rings. The Morgan fingerprint density at radius 3 is 2.65 bits per heavy atom. The molecule has 118 valence electrons. The molecule has 6 heteroatoms. The highest BCUT2D eigenvalue weighted by atomic mass is 16.2. The number of carbonyl (C=O) groups excluding carboxylic acids is 1. The SMILES string of the molecule is O=C1C2CN(c3ncccn3)CC2CCN1Cc1ccncc1. The number of anilines is 1. The molecule has 4 rings (SSSR count). The van der Waals surface area contributed by atoms with Crippen molar-refractivity contribution in [2.75, 3.05) is 24.5 Å². The molecule has 2 aromatic heterocycles. The number of rotatable bonds is 3. The van der Waals surface area contributed by atoms with Crippen LogP contribution >= 0.6 is 0 Å². The lowest BCUT2D eigenvalue weighted by atomic mass is 9.88. The minimum absolute atomic E-state index is 0.0643. The van der Waals surface area contributed by atoms with Gasteiger partial charge in [-0.05, 0) is 36.1 Å². The fourth-order valence-electron chi connectivity index (χ4n) is 3.59. The number of hydrogen-bond donors (Lipinski definition) is 0. The van der Waals surface area contributed by atoms with Gasteiger partial charge in [0.2, 0.25) is 11.9 Å². The molecule has 0 spiro atoms. The van der Waals surface area contributed by atoms with E-state index in [4.69, 9.17) is 0 Å². The van der Waals surface area contributed by atoms with E-state index in [0.29, 0.717) is 12.5 Å². The van der Waals surface area contributed by atoms with Gasteiger partial charge in [0.1, 0.15) is 0 Å². The predicted octanol–water partition coefficient (Wildman–Crippen LogP) is 1.36. The Hall–Kier alpha value is -2.50. The lowest BCUT2D eigenvalue weighted by Gasteiger charge is -2.33. The molecular formula is C17H19N5O. The Kier molecular flexibility index (Phi) is 3.65. The highest BCUT2D eigenvalue weighted by molar-refractivity contribution is 5.81. The number of aromatic nitrogens is 3. The van der Waals surface area contributed by atoms with Crippen LogP contribution in [0.5, 0.6) is 0 Å². The molecule has 4 heterocycles. The lowest BCUT2D eigenvalue weighted by molar-refractivity contribution is -0.140. The maximum absolute atomic E-state index is 12.8. The number of pyridine rings is 1. The van der Waals surface area contributed by atoms with Crippen LogP contribution in [0.4, 0.5) is 5.95 Å². The largest absolute Gasteiger partial charge is 0.340 e. The van der Waals surface area contributed by atoms with Gasteiger partial charge < -0.3 is 9.80 Å². The van der Waals surface area contributed by atoms with Crippen molar-refractivity contribution in [3.05, 3.63) is 48.5 Å². The first kappa shape index (κ1) is 14.1. The van der Waals surface area contributed by atoms with Crippen LogP contribution in [-0.4, -0.2) is 45.4 Å². The van der Waals surface area contributed by atoms with E-state index in [0.717, 1.165) is 37.6 Å². The third kappa shape index (κ3) is 2.76. The summed E-state index contributed by atoms with van der Waals surface area (Å²) < 4.78 is 0. The van der Waals surface area contributed by atoms with Crippen LogP contribution in [0.2, 0.25) is 0 Å². The van der Waals surface area contributed by atoms with Crippen LogP contribution in [0.3, 0.4) is 0 Å². The average molecular weight is 309 g/mol. The summed E-state index contributed by atoms with van der Waals surface area (Å²) in [6, 6.07) is 5.75. The summed E-state index contributed by atoms with van der Waals surface area (Å²) in [5.41, 5.74) is 1.13. The molecule has 23 heavy (non-hydrogen) atoms. The van der Waals surface area contributed by atoms with Gasteiger partial charge in [-0.3, -0.25) is 9.78 Å². The second-order valence-corrected chi connectivity index (χ2v) is 6.22. The van der Waals surface area contributed by atoms with E-state index in [2.05, 4.69) is 19.9 Å². The zero-order valence-electron chi connectivity index (χ0n) is 12.9. The molecule has 0 radical (unpaired) electrons. The standard InChI is InChI=1S/C17H19N5O/c23-16-15-12-22(17-19-5-1-6-20-17)11-14(15)4-9-21(16)10-13-2-7-18-8-3-13/h1-3,5-8,14-15H,4,9-12H2. The van der Waals surface area contributed by atoms with Crippen LogP contribution in [0, 0.1) is 11.8 Å². The molecule has 2 aliphatic heterocycles. The molecule has 2 saturated heterocycles. The van der Waals surface area contributed by atoms with Gasteiger partial charge in [-0.15, -0.1) is 0 Å². The van der Waals surface area contributed by atoms with Gasteiger partial charge in [-0.25, -0.2) is 9.97 Å². The average Bonchev–Trinajstić information content (AvgIpc) is 3.04. The van der Waals surface area contributed by atoms with Gasteiger partial charge >= 0.3 is 0 Å². The van der Waals surface area contributed by atoms with E-state index < -0.39 is 0 Å². The third-order valence-electron chi connectivity index (χ3n) is 4.80. The van der Waals surface area contributed by atoms with Crippen LogP contribution in [0.25, 0.3) is 0 Å². The first-order valence-corrected chi connectivity index (χ1v) is 8.01. The molecule has 0 aromatic carbocycles. The molecule has 2 unspecified atom stereocenters. The smallest absolute Gasteiger partial charge is 0.228 e. The highest BCUT2D eigenvalue weighted by Gasteiger charge is 2.43. The minimum Gasteiger partial charge on any atom is -0.340 e. The summed E-state index contributed by atoms with van der Waals surface area (Å²) in [4.78, 5) is 29.6. The topological polar surface area (TPSA) is 62.2 Å². The summed E-state index contributed by atoms with van der Waals surface area (Å²) in [6.45, 7) is 3.10. The van der Waals surface area contributed by atoms with Crippen molar-refractivity contribution in [3.63, 3.8) is 0 Å². The van der Waals surface area contributed by atoms with E-state index in [1.54, 1.807) is 24.8 Å². The predicted molar refractivity (Wildman–Crippen MR) is 85.5 cm³/mol. The van der Waals surface area contributed by atoms with E-state index in [1.807, 2.05) is 23.1 Å². The number of amides is 1. The molecule has 2 fully saturated rings. The molecular weight excluding hydrogens is 290 g/mol. The number of hydrogen-bond acceptors (Lipinski definition) is 5. The first-order valence-electron chi connectivity index (χ1n) is 8.01. The zero-order chi connectivity index (χ0) is 15.6. The van der Waals surface area contributed by atoms with Gasteiger partial charge in [0.15, 0.2) is 0 Å². The number of carbonyl (C=O) groups is 1. The second-order valence-electron chi connectivity index (χ2n) is 6.22. The maximum Gasteiger partial charge on any atom is 0.228 e. The third-order valence-corrected chi connectivity index (χ3v) is 4.80. The Balaban J connectivity index is 1.46. The van der Waals surface area contributed by atoms with Crippen molar-refractivity contribution in [2.24, 2.45) is 11.8 Å². The highest BCUT2D eigenvalue weighted by Crippen LogP contribution is 2.34. The monoisotopic (exact) mass is 309 g/mol. The van der Waals surface area contributed by atoms with Crippen LogP contribution in [-0.2, 0) is 11.3 Å². The quantitative estimate of drug-likeness (QED) is 0.856. The Morgan fingerprint density at radius 2 is 1.87 bits per heavy atom. The summed E-state index contributed by atoms with van der Waals surface area (Å²) in [5, 5.41) is 0. The van der Waals surface area contributed by atoms with Crippen LogP contribution in [0.15, 0.2) is 43.0 Å². The van der Waals surface area contributed by atoms with E-state index in [-0.39, 0.29) is 11.8 Å². The van der Waals surface area contributed by atoms with Crippen molar-refractivity contribution in [1.82, 2.24) is 19.9 Å². The number of likely N-dealkylation sites (tertiary alicyclic amines) is 1. The zero-order valence-corrected chi connectivity index (χ0v) is 12.9. The Bertz CT molecular complexity index is 678. The molecule has 0 saturated carbocycles. The van der Waals surface area contributed by atoms with Gasteiger partial charge in [0.25, 0.3) is 0 Å². The van der Waals surface area contributed by atoms with Crippen molar-refractivity contribution >= 4 is 11.9 Å². The van der Waals surface area contributed by atoms with Gasteiger partial charge in [-0.2, -0.15) is 0 Å². The molecule has 0 aliphatic carbocycles. The molecule has 0 N–H and O–H groups in total. The normalized spacial score (nSPS) is 23.9. The van der Waals surface area contributed by atoms with Crippen molar-refractivity contribution < 1.29 is 4.79 Å². The van der Waals surface area contributed by atoms with Gasteiger partial charge in [0.05, 0.1) is 5.92 Å². The van der Waals surface area contributed by atoms with Crippen LogP contribution in [0.1, 0.15) is 12.0 Å². The molecule has 6 nitrogen and oxygen atoms in total. The van der Waals surface area contributed by atoms with Crippen LogP contribution < -0.4 is 4.90 Å². The van der Waals surface area contributed by atoms with Gasteiger partial charge in [-0.1, -0.05) is 0 Å². The Labute approximate surface area is 135 Å². The van der Waals surface area contributed by atoms with E-state index in [9.17, 15) is 4.79 Å². The van der Waals surface area contributed by atoms with Crippen molar-refractivity contribution in [3.8, 4) is 0 Å². The number of fused-ring (bicyclic) bond motifs is 1. The molecule has 2 atom stereocenters. The molecule has 2 aromatic rings. The first-order chi connectivity index (χ1) is 11.3. The summed E-state index contributed by atoms with van der Waals surface area (Å²) >= 11 is 0. The van der Waals surface area contributed by atoms with Crippen molar-refractivity contribution in [2.45, 2.75) is 13.0 Å². The maximum atomic E-state index is 12.8. The number of piperidine rings is 1. The summed E-state index contributed by atoms with van der Waals surface area (Å²) in [6.07, 6.45) is 8.10. The van der Waals surface area contributed by atoms with E-state index >= 15 is 0 Å². The minimum atomic E-state index is 0.0643. The fourth-order valence-corrected chi connectivity index (χ4v) is 3.59. The summed E-state index contributed by atoms with van der Waals surface area (Å²) in [5.74, 6) is 1.47. The van der Waals surface area contributed by atoms with Crippen molar-refractivity contribution in [1.29, 1.82) is 0 Å². The number of nitrogens with zero attached hydrogens (tertiary/aromatic N) is 5.